The number of aromatic nitrogens is 3. The van der Waals surface area contributed by atoms with E-state index in [2.05, 4.69) is 25.4 Å². The second-order valence-corrected chi connectivity index (χ2v) is 7.77. The van der Waals surface area contributed by atoms with Gasteiger partial charge in [-0.3, -0.25) is 10.2 Å². The molecule has 3 heterocycles. The van der Waals surface area contributed by atoms with Crippen molar-refractivity contribution in [3.63, 3.8) is 0 Å². The van der Waals surface area contributed by atoms with Crippen LogP contribution >= 0.6 is 22.7 Å². The van der Waals surface area contributed by atoms with Crippen molar-refractivity contribution in [2.45, 2.75) is 26.8 Å². The second kappa shape index (κ2) is 7.33. The Morgan fingerprint density at radius 1 is 1.26 bits per heavy atom. The maximum Gasteiger partial charge on any atom is 0.323 e. The first-order chi connectivity index (χ1) is 11.1. The third-order valence-corrected chi connectivity index (χ3v) is 5.57. The lowest BCUT2D eigenvalue weighted by molar-refractivity contribution is 0.143. The molecule has 0 aliphatic carbocycles. The Balaban J connectivity index is 1.47. The number of aryl methyl sites for hydroxylation is 2. The van der Waals surface area contributed by atoms with Gasteiger partial charge in [0.25, 0.3) is 0 Å². The minimum absolute atomic E-state index is 0.0860. The van der Waals surface area contributed by atoms with Crippen molar-refractivity contribution in [3.8, 4) is 0 Å². The van der Waals surface area contributed by atoms with Crippen LogP contribution < -0.4 is 5.32 Å². The van der Waals surface area contributed by atoms with Gasteiger partial charge in [-0.2, -0.15) is 0 Å². The van der Waals surface area contributed by atoms with Crippen LogP contribution in [0.3, 0.4) is 0 Å². The first kappa shape index (κ1) is 16.3. The summed E-state index contributed by atoms with van der Waals surface area (Å²) in [5.41, 5.74) is 0. The van der Waals surface area contributed by atoms with Gasteiger partial charge in [0.2, 0.25) is 5.13 Å². The highest BCUT2D eigenvalue weighted by Gasteiger charge is 2.22. The third kappa shape index (κ3) is 4.24. The summed E-state index contributed by atoms with van der Waals surface area (Å²) in [6, 6.07) is -0.0860. The number of nitrogens with one attached hydrogen (secondary N) is 1. The Morgan fingerprint density at radius 3 is 2.65 bits per heavy atom. The summed E-state index contributed by atoms with van der Waals surface area (Å²) in [5.74, 6) is 0. The van der Waals surface area contributed by atoms with E-state index in [1.165, 1.54) is 16.2 Å². The van der Waals surface area contributed by atoms with E-state index in [-0.39, 0.29) is 6.03 Å². The molecule has 124 valence electrons. The number of carbonyl (C=O) groups is 1. The van der Waals surface area contributed by atoms with Gasteiger partial charge >= 0.3 is 6.03 Å². The molecule has 1 fully saturated rings. The highest BCUT2D eigenvalue weighted by atomic mass is 32.1. The van der Waals surface area contributed by atoms with Gasteiger partial charge in [0.15, 0.2) is 0 Å². The molecule has 2 aromatic rings. The van der Waals surface area contributed by atoms with Gasteiger partial charge in [-0.15, -0.1) is 21.5 Å². The van der Waals surface area contributed by atoms with Gasteiger partial charge in [0.05, 0.1) is 5.01 Å². The predicted octanol–water partition coefficient (Wildman–Crippen LogP) is 2.22. The van der Waals surface area contributed by atoms with Crippen molar-refractivity contribution < 1.29 is 4.79 Å². The summed E-state index contributed by atoms with van der Waals surface area (Å²) in [6.07, 6.45) is 2.78. The van der Waals surface area contributed by atoms with Crippen LogP contribution in [0.15, 0.2) is 6.20 Å². The predicted molar refractivity (Wildman–Crippen MR) is 92.0 cm³/mol. The molecule has 1 saturated heterocycles. The van der Waals surface area contributed by atoms with E-state index in [0.717, 1.165) is 49.2 Å². The molecule has 1 N–H and O–H groups in total. The molecule has 23 heavy (non-hydrogen) atoms. The smallest absolute Gasteiger partial charge is 0.322 e. The number of hydrogen-bond acceptors (Lipinski definition) is 7. The molecule has 0 spiro atoms. The zero-order valence-corrected chi connectivity index (χ0v) is 14.9. The van der Waals surface area contributed by atoms with Gasteiger partial charge in [0.1, 0.15) is 5.01 Å². The maximum absolute atomic E-state index is 12.3. The van der Waals surface area contributed by atoms with E-state index in [1.54, 1.807) is 11.3 Å². The normalized spacial score (nSPS) is 15.8. The molecule has 9 heteroatoms. The van der Waals surface area contributed by atoms with E-state index in [0.29, 0.717) is 5.13 Å². The molecular weight excluding hydrogens is 332 g/mol. The molecule has 3 rings (SSSR count). The van der Waals surface area contributed by atoms with Gasteiger partial charge in [-0.05, 0) is 13.3 Å². The molecule has 0 atom stereocenters. The Bertz CT molecular complexity index is 662. The molecule has 2 amide bonds. The van der Waals surface area contributed by atoms with Crippen LogP contribution in [0.25, 0.3) is 0 Å². The van der Waals surface area contributed by atoms with Crippen molar-refractivity contribution in [1.82, 2.24) is 25.0 Å². The largest absolute Gasteiger partial charge is 0.323 e. The minimum atomic E-state index is -0.0860. The summed E-state index contributed by atoms with van der Waals surface area (Å²) < 4.78 is 0. The van der Waals surface area contributed by atoms with Gasteiger partial charge < -0.3 is 4.90 Å². The first-order valence-electron chi connectivity index (χ1n) is 7.66. The van der Waals surface area contributed by atoms with Gasteiger partial charge in [0, 0.05) is 43.8 Å². The summed E-state index contributed by atoms with van der Waals surface area (Å²) in [5, 5.41) is 13.5. The Hall–Kier alpha value is -1.58. The van der Waals surface area contributed by atoms with E-state index in [1.807, 2.05) is 24.9 Å². The first-order valence-corrected chi connectivity index (χ1v) is 9.29. The number of rotatable bonds is 4. The Labute approximate surface area is 143 Å². The lowest BCUT2D eigenvalue weighted by atomic mass is 10.3. The number of urea groups is 1. The van der Waals surface area contributed by atoms with Gasteiger partial charge in [-0.1, -0.05) is 18.3 Å². The molecule has 2 aromatic heterocycles. The van der Waals surface area contributed by atoms with Crippen molar-refractivity contribution >= 4 is 33.8 Å². The summed E-state index contributed by atoms with van der Waals surface area (Å²) in [4.78, 5) is 22.0. The highest BCUT2D eigenvalue weighted by Crippen LogP contribution is 2.18. The molecule has 7 nitrogen and oxygen atoms in total. The molecule has 0 aromatic carbocycles. The van der Waals surface area contributed by atoms with Crippen LogP contribution in [-0.2, 0) is 13.0 Å². The van der Waals surface area contributed by atoms with Crippen LogP contribution in [0.2, 0.25) is 0 Å². The van der Waals surface area contributed by atoms with Crippen LogP contribution in [0.4, 0.5) is 9.93 Å². The topological polar surface area (TPSA) is 74.2 Å². The number of piperazine rings is 1. The fourth-order valence-electron chi connectivity index (χ4n) is 2.43. The SMILES string of the molecule is CCc1nnc(NC(=O)N2CCN(Cc3cnc(C)s3)CC2)s1. The number of amides is 2. The Kier molecular flexibility index (Phi) is 5.19. The standard InChI is InChI=1S/C14H20N6OS2/c1-3-12-17-18-13(23-12)16-14(21)20-6-4-19(5-7-20)9-11-8-15-10(2)22-11/h8H,3-7,9H2,1-2H3,(H,16,18,21). The lowest BCUT2D eigenvalue weighted by Crippen LogP contribution is -2.49. The number of anilines is 1. The quantitative estimate of drug-likeness (QED) is 0.913. The van der Waals surface area contributed by atoms with Crippen LogP contribution in [0, 0.1) is 6.92 Å². The molecule has 1 aliphatic heterocycles. The fourth-order valence-corrected chi connectivity index (χ4v) is 3.93. The number of thiazole rings is 1. The molecule has 0 radical (unpaired) electrons. The molecule has 1 aliphatic rings. The van der Waals surface area contributed by atoms with Crippen molar-refractivity contribution in [2.24, 2.45) is 0 Å². The average molecular weight is 352 g/mol. The highest BCUT2D eigenvalue weighted by molar-refractivity contribution is 7.15. The monoisotopic (exact) mass is 352 g/mol. The fraction of sp³-hybridized carbons (Fsp3) is 0.571. The molecule has 0 bridgehead atoms. The van der Waals surface area contributed by atoms with Crippen molar-refractivity contribution in [2.75, 3.05) is 31.5 Å². The summed E-state index contributed by atoms with van der Waals surface area (Å²) in [7, 11) is 0. The Morgan fingerprint density at radius 2 is 2.04 bits per heavy atom. The average Bonchev–Trinajstić information content (AvgIpc) is 3.17. The molecule has 0 saturated carbocycles. The van der Waals surface area contributed by atoms with Crippen LogP contribution in [-0.4, -0.2) is 57.2 Å². The second-order valence-electron chi connectivity index (χ2n) is 5.39. The van der Waals surface area contributed by atoms with Crippen LogP contribution in [0.5, 0.6) is 0 Å². The molecular formula is C14H20N6OS2. The number of carbonyl (C=O) groups excluding carboxylic acids is 1. The minimum Gasteiger partial charge on any atom is -0.322 e. The summed E-state index contributed by atoms with van der Waals surface area (Å²) >= 11 is 3.17. The van der Waals surface area contributed by atoms with E-state index >= 15 is 0 Å². The zero-order valence-electron chi connectivity index (χ0n) is 13.3. The summed E-state index contributed by atoms with van der Waals surface area (Å²) in [6.45, 7) is 8.16. The van der Waals surface area contributed by atoms with E-state index in [9.17, 15) is 4.79 Å². The number of nitrogens with zero attached hydrogens (tertiary/aromatic N) is 5. The van der Waals surface area contributed by atoms with E-state index in [4.69, 9.17) is 0 Å². The molecule has 0 unspecified atom stereocenters. The number of hydrogen-bond donors (Lipinski definition) is 1. The lowest BCUT2D eigenvalue weighted by Gasteiger charge is -2.34. The van der Waals surface area contributed by atoms with Crippen molar-refractivity contribution in [1.29, 1.82) is 0 Å². The van der Waals surface area contributed by atoms with E-state index < -0.39 is 0 Å². The third-order valence-electron chi connectivity index (χ3n) is 3.69. The van der Waals surface area contributed by atoms with Crippen molar-refractivity contribution in [3.05, 3.63) is 21.1 Å². The van der Waals surface area contributed by atoms with Crippen LogP contribution in [0.1, 0.15) is 21.8 Å². The maximum atomic E-state index is 12.3. The van der Waals surface area contributed by atoms with Gasteiger partial charge in [-0.25, -0.2) is 9.78 Å². The zero-order chi connectivity index (χ0) is 16.2.